The minimum Gasteiger partial charge on any atom is -0.508 e. The summed E-state index contributed by atoms with van der Waals surface area (Å²) in [6, 6.07) is 22.7. The third-order valence-corrected chi connectivity index (χ3v) is 3.97. The molecule has 0 aliphatic rings. The van der Waals surface area contributed by atoms with Crippen molar-refractivity contribution < 1.29 is 5.11 Å². The van der Waals surface area contributed by atoms with Gasteiger partial charge in [0.2, 0.25) is 0 Å². The van der Waals surface area contributed by atoms with Gasteiger partial charge in [-0.3, -0.25) is 0 Å². The molecule has 0 saturated carbocycles. The molecule has 1 heterocycles. The summed E-state index contributed by atoms with van der Waals surface area (Å²) in [4.78, 5) is 4.79. The number of nitrogens with zero attached hydrogens (tertiary/aromatic N) is 2. The zero-order valence-corrected chi connectivity index (χ0v) is 12.2. The summed E-state index contributed by atoms with van der Waals surface area (Å²) in [6.07, 6.45) is 0. The van der Waals surface area contributed by atoms with Crippen LogP contribution in [0.1, 0.15) is 5.56 Å². The fourth-order valence-electron chi connectivity index (χ4n) is 2.86. The number of rotatable bonds is 1. The lowest BCUT2D eigenvalue weighted by atomic mass is 9.99. The van der Waals surface area contributed by atoms with Crippen molar-refractivity contribution in [3.63, 3.8) is 0 Å². The summed E-state index contributed by atoms with van der Waals surface area (Å²) < 4.78 is 0. The minimum atomic E-state index is 0.236. The second-order valence-corrected chi connectivity index (χ2v) is 5.40. The third-order valence-electron chi connectivity index (χ3n) is 3.97. The van der Waals surface area contributed by atoms with Crippen LogP contribution in [0.3, 0.4) is 0 Å². The van der Waals surface area contributed by atoms with Gasteiger partial charge in [0.25, 0.3) is 0 Å². The van der Waals surface area contributed by atoms with E-state index in [0.717, 1.165) is 32.9 Å². The van der Waals surface area contributed by atoms with E-state index in [1.54, 1.807) is 24.3 Å². The molecule has 23 heavy (non-hydrogen) atoms. The molecule has 0 aliphatic heterocycles. The maximum Gasteiger partial charge on any atom is 0.116 e. The van der Waals surface area contributed by atoms with Gasteiger partial charge in [0.1, 0.15) is 5.75 Å². The van der Waals surface area contributed by atoms with Gasteiger partial charge in [-0.15, -0.1) is 0 Å². The van der Waals surface area contributed by atoms with Crippen molar-refractivity contribution in [2.45, 2.75) is 0 Å². The number of nitriles is 1. The zero-order valence-electron chi connectivity index (χ0n) is 12.2. The van der Waals surface area contributed by atoms with Crippen LogP contribution >= 0.6 is 0 Å². The number of pyridine rings is 1. The first kappa shape index (κ1) is 13.3. The molecule has 0 amide bonds. The van der Waals surface area contributed by atoms with Crippen LogP contribution in [0.5, 0.6) is 5.75 Å². The van der Waals surface area contributed by atoms with Gasteiger partial charge in [0.05, 0.1) is 22.8 Å². The predicted octanol–water partition coefficient (Wildman–Crippen LogP) is 4.63. The van der Waals surface area contributed by atoms with Gasteiger partial charge < -0.3 is 5.11 Å². The molecule has 0 saturated heterocycles. The summed E-state index contributed by atoms with van der Waals surface area (Å²) in [5.41, 5.74) is 3.30. The van der Waals surface area contributed by atoms with Crippen LogP contribution in [-0.4, -0.2) is 10.1 Å². The highest BCUT2D eigenvalue weighted by Crippen LogP contribution is 2.34. The Labute approximate surface area is 133 Å². The topological polar surface area (TPSA) is 56.9 Å². The zero-order chi connectivity index (χ0) is 15.8. The van der Waals surface area contributed by atoms with E-state index >= 15 is 0 Å². The number of phenols is 1. The van der Waals surface area contributed by atoms with Crippen molar-refractivity contribution in [3.8, 4) is 23.1 Å². The van der Waals surface area contributed by atoms with Gasteiger partial charge >= 0.3 is 0 Å². The Bertz CT molecular complexity index is 1080. The lowest BCUT2D eigenvalue weighted by Crippen LogP contribution is -1.89. The first-order valence-electron chi connectivity index (χ1n) is 7.28. The first-order valence-corrected chi connectivity index (χ1v) is 7.28. The molecule has 0 unspecified atom stereocenters. The van der Waals surface area contributed by atoms with Crippen LogP contribution in [0.25, 0.3) is 32.9 Å². The molecule has 1 N–H and O–H groups in total. The lowest BCUT2D eigenvalue weighted by molar-refractivity contribution is 0.476. The normalized spacial score (nSPS) is 10.7. The number of hydrogen-bond acceptors (Lipinski definition) is 3. The van der Waals surface area contributed by atoms with Gasteiger partial charge in [-0.25, -0.2) is 4.98 Å². The van der Waals surface area contributed by atoms with E-state index in [2.05, 4.69) is 6.07 Å². The summed E-state index contributed by atoms with van der Waals surface area (Å²) >= 11 is 0. The smallest absolute Gasteiger partial charge is 0.116 e. The summed E-state index contributed by atoms with van der Waals surface area (Å²) in [5.74, 6) is 0.236. The van der Waals surface area contributed by atoms with Crippen molar-refractivity contribution in [2.75, 3.05) is 0 Å². The van der Waals surface area contributed by atoms with E-state index in [1.807, 2.05) is 42.5 Å². The predicted molar refractivity (Wildman–Crippen MR) is 91.1 cm³/mol. The van der Waals surface area contributed by atoms with Crippen LogP contribution in [-0.2, 0) is 0 Å². The minimum absolute atomic E-state index is 0.236. The van der Waals surface area contributed by atoms with Crippen LogP contribution < -0.4 is 0 Å². The molecule has 0 bridgehead atoms. The molecule has 108 valence electrons. The fraction of sp³-hybridized carbons (Fsp3) is 0. The SMILES string of the molecule is N#Cc1ccc(-c2nc3ccccc3c3cc(O)ccc23)cc1. The van der Waals surface area contributed by atoms with Gasteiger partial charge in [0.15, 0.2) is 0 Å². The molecule has 0 atom stereocenters. The number of benzene rings is 3. The molecule has 4 rings (SSSR count). The average molecular weight is 296 g/mol. The Balaban J connectivity index is 2.10. The highest BCUT2D eigenvalue weighted by atomic mass is 16.3. The number of aromatic nitrogens is 1. The van der Waals surface area contributed by atoms with E-state index in [9.17, 15) is 5.11 Å². The van der Waals surface area contributed by atoms with Crippen LogP contribution in [0.2, 0.25) is 0 Å². The fourth-order valence-corrected chi connectivity index (χ4v) is 2.86. The summed E-state index contributed by atoms with van der Waals surface area (Å²) in [6.45, 7) is 0. The Hall–Kier alpha value is -3.38. The molecule has 3 nitrogen and oxygen atoms in total. The molecule has 3 heteroatoms. The van der Waals surface area contributed by atoms with Crippen LogP contribution in [0.4, 0.5) is 0 Å². The summed E-state index contributed by atoms with van der Waals surface area (Å²) in [7, 11) is 0. The Morgan fingerprint density at radius 3 is 2.39 bits per heavy atom. The highest BCUT2D eigenvalue weighted by Gasteiger charge is 2.10. The quantitative estimate of drug-likeness (QED) is 0.521. The van der Waals surface area contributed by atoms with E-state index in [-0.39, 0.29) is 5.75 Å². The Kier molecular flexibility index (Phi) is 2.96. The van der Waals surface area contributed by atoms with Gasteiger partial charge in [-0.2, -0.15) is 5.26 Å². The number of phenolic OH excluding ortho intramolecular Hbond substituents is 1. The van der Waals surface area contributed by atoms with E-state index in [0.29, 0.717) is 5.56 Å². The van der Waals surface area contributed by atoms with E-state index in [1.165, 1.54) is 0 Å². The molecule has 0 fully saturated rings. The van der Waals surface area contributed by atoms with Gasteiger partial charge in [-0.05, 0) is 41.8 Å². The van der Waals surface area contributed by atoms with Crippen LogP contribution in [0, 0.1) is 11.3 Å². The first-order chi connectivity index (χ1) is 11.3. The lowest BCUT2D eigenvalue weighted by Gasteiger charge is -2.10. The van der Waals surface area contributed by atoms with Crippen molar-refractivity contribution in [1.82, 2.24) is 4.98 Å². The molecule has 0 spiro atoms. The number of aromatic hydroxyl groups is 1. The maximum absolute atomic E-state index is 9.86. The molecular weight excluding hydrogens is 284 g/mol. The number of fused-ring (bicyclic) bond motifs is 3. The molecule has 1 aromatic heterocycles. The number of para-hydroxylation sites is 1. The van der Waals surface area contributed by atoms with Crippen molar-refractivity contribution >= 4 is 21.7 Å². The molecule has 3 aromatic carbocycles. The number of hydrogen-bond donors (Lipinski definition) is 1. The van der Waals surface area contributed by atoms with Gasteiger partial charge in [0, 0.05) is 16.3 Å². The van der Waals surface area contributed by atoms with Crippen LogP contribution in [0.15, 0.2) is 66.7 Å². The maximum atomic E-state index is 9.86. The Morgan fingerprint density at radius 2 is 1.61 bits per heavy atom. The molecule has 4 aromatic rings. The molecule has 0 aliphatic carbocycles. The Morgan fingerprint density at radius 1 is 0.826 bits per heavy atom. The highest BCUT2D eigenvalue weighted by molar-refractivity contribution is 6.11. The molecular formula is C20H12N2O. The van der Waals surface area contributed by atoms with E-state index < -0.39 is 0 Å². The second-order valence-electron chi connectivity index (χ2n) is 5.40. The van der Waals surface area contributed by atoms with Crippen molar-refractivity contribution in [1.29, 1.82) is 5.26 Å². The monoisotopic (exact) mass is 296 g/mol. The largest absolute Gasteiger partial charge is 0.508 e. The van der Waals surface area contributed by atoms with E-state index in [4.69, 9.17) is 10.2 Å². The van der Waals surface area contributed by atoms with Crippen molar-refractivity contribution in [2.24, 2.45) is 0 Å². The summed E-state index contributed by atoms with van der Waals surface area (Å²) in [5, 5.41) is 21.8. The third kappa shape index (κ3) is 2.18. The molecule has 0 radical (unpaired) electrons. The standard InChI is InChI=1S/C20H12N2O/c21-12-13-5-7-14(8-6-13)20-17-10-9-15(23)11-18(17)16-3-1-2-4-19(16)22-20/h1-11,23H. The average Bonchev–Trinajstić information content (AvgIpc) is 2.61. The van der Waals surface area contributed by atoms with Crippen molar-refractivity contribution in [3.05, 3.63) is 72.3 Å². The van der Waals surface area contributed by atoms with Gasteiger partial charge in [-0.1, -0.05) is 30.3 Å². The second kappa shape index (κ2) is 5.11.